The molecule has 2 N–H and O–H groups in total. The van der Waals surface area contributed by atoms with Gasteiger partial charge in [0.25, 0.3) is 0 Å². The van der Waals surface area contributed by atoms with Crippen LogP contribution in [0.1, 0.15) is 30.5 Å². The summed E-state index contributed by atoms with van der Waals surface area (Å²) in [5.41, 5.74) is 7.29. The van der Waals surface area contributed by atoms with Crippen molar-refractivity contribution >= 4 is 5.91 Å². The van der Waals surface area contributed by atoms with E-state index in [0.29, 0.717) is 6.42 Å². The van der Waals surface area contributed by atoms with E-state index in [4.69, 9.17) is 5.73 Å². The first kappa shape index (κ1) is 10.7. The first-order valence-corrected chi connectivity index (χ1v) is 4.88. The van der Waals surface area contributed by atoms with Gasteiger partial charge in [-0.05, 0) is 37.8 Å². The quantitative estimate of drug-likeness (QED) is 0.720. The number of amides is 1. The third kappa shape index (κ3) is 4.03. The second-order valence-corrected chi connectivity index (χ2v) is 3.50. The molecule has 1 heterocycles. The molecule has 0 saturated heterocycles. The summed E-state index contributed by atoms with van der Waals surface area (Å²) < 4.78 is 0. The molecule has 0 saturated carbocycles. The zero-order valence-corrected chi connectivity index (χ0v) is 8.49. The number of hydrogen-bond acceptors (Lipinski definition) is 2. The van der Waals surface area contributed by atoms with Crippen molar-refractivity contribution in [1.29, 1.82) is 0 Å². The van der Waals surface area contributed by atoms with Crippen molar-refractivity contribution in [2.75, 3.05) is 0 Å². The van der Waals surface area contributed by atoms with Crippen LogP contribution in [-0.2, 0) is 11.2 Å². The SMILES string of the molecule is Cc1ccc(CCCCC(N)=O)nc1. The lowest BCUT2D eigenvalue weighted by Crippen LogP contribution is -2.09. The zero-order chi connectivity index (χ0) is 10.4. The van der Waals surface area contributed by atoms with Gasteiger partial charge in [0.1, 0.15) is 0 Å². The lowest BCUT2D eigenvalue weighted by molar-refractivity contribution is -0.118. The maximum absolute atomic E-state index is 10.5. The second-order valence-electron chi connectivity index (χ2n) is 3.50. The molecule has 0 aliphatic rings. The Kier molecular flexibility index (Phi) is 4.11. The number of nitrogens with zero attached hydrogens (tertiary/aromatic N) is 1. The highest BCUT2D eigenvalue weighted by Crippen LogP contribution is 2.04. The molecule has 3 heteroatoms. The van der Waals surface area contributed by atoms with Gasteiger partial charge in [-0.25, -0.2) is 0 Å². The highest BCUT2D eigenvalue weighted by Gasteiger charge is 1.97. The fraction of sp³-hybridized carbons (Fsp3) is 0.455. The van der Waals surface area contributed by atoms with Gasteiger partial charge in [-0.1, -0.05) is 6.07 Å². The molecule has 0 aliphatic heterocycles. The lowest BCUT2D eigenvalue weighted by Gasteiger charge is -2.00. The number of primary amides is 1. The van der Waals surface area contributed by atoms with E-state index in [1.165, 1.54) is 5.56 Å². The maximum Gasteiger partial charge on any atom is 0.217 e. The van der Waals surface area contributed by atoms with Crippen molar-refractivity contribution in [3.05, 3.63) is 29.6 Å². The van der Waals surface area contributed by atoms with Crippen LogP contribution in [0.2, 0.25) is 0 Å². The van der Waals surface area contributed by atoms with Crippen LogP contribution in [0.15, 0.2) is 18.3 Å². The minimum Gasteiger partial charge on any atom is -0.370 e. The van der Waals surface area contributed by atoms with Crippen molar-refractivity contribution in [2.24, 2.45) is 5.73 Å². The van der Waals surface area contributed by atoms with Crippen molar-refractivity contribution in [2.45, 2.75) is 32.6 Å². The summed E-state index contributed by atoms with van der Waals surface area (Å²) in [6.07, 6.45) is 5.09. The smallest absolute Gasteiger partial charge is 0.217 e. The molecule has 3 nitrogen and oxygen atoms in total. The Bertz CT molecular complexity index is 293. The minimum absolute atomic E-state index is 0.220. The Morgan fingerprint density at radius 2 is 2.21 bits per heavy atom. The second kappa shape index (κ2) is 5.37. The van der Waals surface area contributed by atoms with Crippen LogP contribution >= 0.6 is 0 Å². The van der Waals surface area contributed by atoms with Crippen molar-refractivity contribution in [3.63, 3.8) is 0 Å². The average Bonchev–Trinajstić information content (AvgIpc) is 2.15. The third-order valence-corrected chi connectivity index (χ3v) is 2.08. The van der Waals surface area contributed by atoms with E-state index in [0.717, 1.165) is 25.0 Å². The molecule has 0 aliphatic carbocycles. The molecule has 0 bridgehead atoms. The Labute approximate surface area is 84.3 Å². The van der Waals surface area contributed by atoms with Gasteiger partial charge in [0, 0.05) is 18.3 Å². The van der Waals surface area contributed by atoms with Crippen molar-refractivity contribution in [3.8, 4) is 0 Å². The molecule has 0 aromatic carbocycles. The molecule has 0 radical (unpaired) electrons. The summed E-state index contributed by atoms with van der Waals surface area (Å²) in [5.74, 6) is -0.220. The normalized spacial score (nSPS) is 10.1. The molecule has 0 spiro atoms. The van der Waals surface area contributed by atoms with E-state index in [9.17, 15) is 4.79 Å². The van der Waals surface area contributed by atoms with Crippen LogP contribution in [0.3, 0.4) is 0 Å². The summed E-state index contributed by atoms with van der Waals surface area (Å²) in [5, 5.41) is 0. The molecule has 1 aromatic rings. The largest absolute Gasteiger partial charge is 0.370 e. The predicted molar refractivity (Wildman–Crippen MR) is 55.7 cm³/mol. The van der Waals surface area contributed by atoms with Gasteiger partial charge < -0.3 is 5.73 Å². The summed E-state index contributed by atoms with van der Waals surface area (Å²) in [6, 6.07) is 4.08. The van der Waals surface area contributed by atoms with Crippen LogP contribution in [-0.4, -0.2) is 10.9 Å². The van der Waals surface area contributed by atoms with Crippen LogP contribution in [0.4, 0.5) is 0 Å². The molecular weight excluding hydrogens is 176 g/mol. The number of nitrogens with two attached hydrogens (primary N) is 1. The van der Waals surface area contributed by atoms with E-state index < -0.39 is 0 Å². The molecular formula is C11H16N2O. The lowest BCUT2D eigenvalue weighted by atomic mass is 10.1. The monoisotopic (exact) mass is 192 g/mol. The van der Waals surface area contributed by atoms with E-state index in [1.807, 2.05) is 19.2 Å². The average molecular weight is 192 g/mol. The summed E-state index contributed by atoms with van der Waals surface area (Å²) in [7, 11) is 0. The van der Waals surface area contributed by atoms with E-state index in [-0.39, 0.29) is 5.91 Å². The number of carbonyl (C=O) groups is 1. The highest BCUT2D eigenvalue weighted by molar-refractivity contribution is 5.73. The summed E-state index contributed by atoms with van der Waals surface area (Å²) in [4.78, 5) is 14.7. The molecule has 0 fully saturated rings. The molecule has 1 aromatic heterocycles. The van der Waals surface area contributed by atoms with Crippen LogP contribution in [0.5, 0.6) is 0 Å². The summed E-state index contributed by atoms with van der Waals surface area (Å²) in [6.45, 7) is 2.02. The summed E-state index contributed by atoms with van der Waals surface area (Å²) >= 11 is 0. The number of aryl methyl sites for hydroxylation is 2. The number of carbonyl (C=O) groups excluding carboxylic acids is 1. The molecule has 1 amide bonds. The molecule has 0 atom stereocenters. The molecule has 1 rings (SSSR count). The number of aromatic nitrogens is 1. The number of unbranched alkanes of at least 4 members (excludes halogenated alkanes) is 1. The van der Waals surface area contributed by atoms with E-state index >= 15 is 0 Å². The van der Waals surface area contributed by atoms with Crippen molar-refractivity contribution < 1.29 is 4.79 Å². The van der Waals surface area contributed by atoms with Crippen LogP contribution in [0.25, 0.3) is 0 Å². The van der Waals surface area contributed by atoms with Gasteiger partial charge in [-0.15, -0.1) is 0 Å². The van der Waals surface area contributed by atoms with Crippen molar-refractivity contribution in [1.82, 2.24) is 4.98 Å². The Morgan fingerprint density at radius 3 is 2.79 bits per heavy atom. The number of pyridine rings is 1. The Hall–Kier alpha value is -1.38. The highest BCUT2D eigenvalue weighted by atomic mass is 16.1. The first-order valence-electron chi connectivity index (χ1n) is 4.88. The molecule has 14 heavy (non-hydrogen) atoms. The predicted octanol–water partition coefficient (Wildman–Crippen LogP) is 1.59. The van der Waals surface area contributed by atoms with Gasteiger partial charge in [-0.2, -0.15) is 0 Å². The van der Waals surface area contributed by atoms with Crippen LogP contribution in [0, 0.1) is 6.92 Å². The number of hydrogen-bond donors (Lipinski definition) is 1. The van der Waals surface area contributed by atoms with Gasteiger partial charge in [0.2, 0.25) is 5.91 Å². The first-order chi connectivity index (χ1) is 6.68. The van der Waals surface area contributed by atoms with E-state index in [1.54, 1.807) is 0 Å². The van der Waals surface area contributed by atoms with Gasteiger partial charge >= 0.3 is 0 Å². The van der Waals surface area contributed by atoms with Gasteiger partial charge in [-0.3, -0.25) is 9.78 Å². The Balaban J connectivity index is 2.25. The Morgan fingerprint density at radius 1 is 1.43 bits per heavy atom. The van der Waals surface area contributed by atoms with Gasteiger partial charge in [0.15, 0.2) is 0 Å². The fourth-order valence-electron chi connectivity index (χ4n) is 1.25. The van der Waals surface area contributed by atoms with Gasteiger partial charge in [0.05, 0.1) is 0 Å². The minimum atomic E-state index is -0.220. The molecule has 0 unspecified atom stereocenters. The third-order valence-electron chi connectivity index (χ3n) is 2.08. The molecule has 76 valence electrons. The van der Waals surface area contributed by atoms with Crippen LogP contribution < -0.4 is 5.73 Å². The fourth-order valence-corrected chi connectivity index (χ4v) is 1.25. The number of rotatable bonds is 5. The maximum atomic E-state index is 10.5. The topological polar surface area (TPSA) is 56.0 Å². The van der Waals surface area contributed by atoms with E-state index in [2.05, 4.69) is 11.1 Å². The standard InChI is InChI=1S/C11H16N2O/c1-9-6-7-10(13-8-9)4-2-3-5-11(12)14/h6-8H,2-5H2,1H3,(H2,12,14). The zero-order valence-electron chi connectivity index (χ0n) is 8.49.